The van der Waals surface area contributed by atoms with Crippen molar-refractivity contribution in [2.24, 2.45) is 23.2 Å². The average molecular weight is 240 g/mol. The van der Waals surface area contributed by atoms with Crippen molar-refractivity contribution in [2.45, 2.75) is 79.2 Å². The summed E-state index contributed by atoms with van der Waals surface area (Å²) in [6.07, 6.45) is 6.96. The number of hydrogen-bond acceptors (Lipinski definition) is 1. The van der Waals surface area contributed by atoms with Crippen molar-refractivity contribution in [3.05, 3.63) is 0 Å². The van der Waals surface area contributed by atoms with E-state index in [-0.39, 0.29) is 6.10 Å². The first-order valence-electron chi connectivity index (χ1n) is 7.57. The summed E-state index contributed by atoms with van der Waals surface area (Å²) in [6, 6.07) is 0. The Kier molecular flexibility index (Phi) is 5.50. The maximum Gasteiger partial charge on any atom is 0.0540 e. The van der Waals surface area contributed by atoms with Gasteiger partial charge in [0.25, 0.3) is 0 Å². The van der Waals surface area contributed by atoms with Crippen LogP contribution in [-0.4, -0.2) is 11.2 Å². The molecule has 1 aliphatic rings. The van der Waals surface area contributed by atoms with Gasteiger partial charge >= 0.3 is 0 Å². The molecule has 1 heteroatoms. The quantitative estimate of drug-likeness (QED) is 0.742. The third-order valence-electron chi connectivity index (χ3n) is 5.40. The zero-order valence-corrected chi connectivity index (χ0v) is 12.5. The molecule has 1 fully saturated rings. The molecule has 0 saturated heterocycles. The van der Waals surface area contributed by atoms with Gasteiger partial charge in [-0.25, -0.2) is 0 Å². The number of hydrogen-bond donors (Lipinski definition) is 1. The Hall–Kier alpha value is -0.0400. The van der Waals surface area contributed by atoms with E-state index >= 15 is 0 Å². The lowest BCUT2D eigenvalue weighted by atomic mass is 9.58. The van der Waals surface area contributed by atoms with Gasteiger partial charge in [0.15, 0.2) is 0 Å². The molecule has 0 aromatic heterocycles. The summed E-state index contributed by atoms with van der Waals surface area (Å²) in [4.78, 5) is 0. The lowest BCUT2D eigenvalue weighted by molar-refractivity contribution is 0.0117. The SMILES string of the molecule is CCCC(O)CC[C@@H]1[C@@H](C)CC[C@H](C)C1(C)C. The molecule has 0 bridgehead atoms. The van der Waals surface area contributed by atoms with Crippen LogP contribution in [0.25, 0.3) is 0 Å². The molecule has 17 heavy (non-hydrogen) atoms. The summed E-state index contributed by atoms with van der Waals surface area (Å²) >= 11 is 0. The van der Waals surface area contributed by atoms with E-state index in [0.717, 1.165) is 37.0 Å². The highest BCUT2D eigenvalue weighted by atomic mass is 16.3. The Labute approximate surface area is 108 Å². The van der Waals surface area contributed by atoms with Crippen molar-refractivity contribution >= 4 is 0 Å². The topological polar surface area (TPSA) is 20.2 Å². The monoisotopic (exact) mass is 240 g/mol. The molecule has 1 nitrogen and oxygen atoms in total. The molecule has 1 unspecified atom stereocenters. The summed E-state index contributed by atoms with van der Waals surface area (Å²) in [7, 11) is 0. The highest BCUT2D eigenvalue weighted by molar-refractivity contribution is 4.90. The molecule has 0 aromatic carbocycles. The van der Waals surface area contributed by atoms with E-state index in [2.05, 4.69) is 34.6 Å². The largest absolute Gasteiger partial charge is 0.393 e. The van der Waals surface area contributed by atoms with Crippen molar-refractivity contribution in [1.29, 1.82) is 0 Å². The fraction of sp³-hybridized carbons (Fsp3) is 1.00. The van der Waals surface area contributed by atoms with Crippen LogP contribution in [0.2, 0.25) is 0 Å². The molecule has 0 aromatic rings. The second-order valence-corrected chi connectivity index (χ2v) is 6.90. The maximum absolute atomic E-state index is 9.90. The van der Waals surface area contributed by atoms with Crippen molar-refractivity contribution in [2.75, 3.05) is 0 Å². The van der Waals surface area contributed by atoms with Crippen LogP contribution >= 0.6 is 0 Å². The van der Waals surface area contributed by atoms with E-state index in [0.29, 0.717) is 5.41 Å². The zero-order valence-electron chi connectivity index (χ0n) is 12.5. The van der Waals surface area contributed by atoms with Crippen molar-refractivity contribution in [3.63, 3.8) is 0 Å². The standard InChI is InChI=1S/C16H32O/c1-6-7-14(17)10-11-15-12(2)8-9-13(3)16(15,4)5/h12-15,17H,6-11H2,1-5H3/t12-,13-,14?,15+/m0/s1. The smallest absolute Gasteiger partial charge is 0.0540 e. The average Bonchev–Trinajstić information content (AvgIpc) is 2.24. The van der Waals surface area contributed by atoms with E-state index in [9.17, 15) is 5.11 Å². The Balaban J connectivity index is 2.53. The lowest BCUT2D eigenvalue weighted by Gasteiger charge is -2.48. The minimum Gasteiger partial charge on any atom is -0.393 e. The first-order valence-corrected chi connectivity index (χ1v) is 7.57. The molecular formula is C16H32O. The summed E-state index contributed by atoms with van der Waals surface area (Å²) in [6.45, 7) is 11.8. The molecule has 0 aliphatic heterocycles. The molecule has 1 aliphatic carbocycles. The second kappa shape index (κ2) is 6.22. The summed E-state index contributed by atoms with van der Waals surface area (Å²) in [5.74, 6) is 2.44. The molecule has 4 atom stereocenters. The van der Waals surface area contributed by atoms with Crippen LogP contribution < -0.4 is 0 Å². The van der Waals surface area contributed by atoms with Crippen LogP contribution in [-0.2, 0) is 0 Å². The molecule has 0 amide bonds. The van der Waals surface area contributed by atoms with E-state index in [1.54, 1.807) is 0 Å². The Morgan fingerprint density at radius 3 is 2.41 bits per heavy atom. The van der Waals surface area contributed by atoms with Gasteiger partial charge in [-0.05, 0) is 48.9 Å². The normalized spacial score (nSPS) is 34.6. The van der Waals surface area contributed by atoms with Crippen molar-refractivity contribution in [3.8, 4) is 0 Å². The van der Waals surface area contributed by atoms with Crippen LogP contribution in [0.15, 0.2) is 0 Å². The van der Waals surface area contributed by atoms with Gasteiger partial charge in [-0.2, -0.15) is 0 Å². The van der Waals surface area contributed by atoms with Crippen LogP contribution in [0.3, 0.4) is 0 Å². The van der Waals surface area contributed by atoms with Gasteiger partial charge in [-0.1, -0.05) is 47.5 Å². The highest BCUT2D eigenvalue weighted by Crippen LogP contribution is 2.49. The minimum atomic E-state index is -0.0692. The highest BCUT2D eigenvalue weighted by Gasteiger charge is 2.41. The molecule has 102 valence electrons. The van der Waals surface area contributed by atoms with E-state index in [1.807, 2.05) is 0 Å². The van der Waals surface area contributed by atoms with Gasteiger partial charge in [0.05, 0.1) is 6.10 Å². The van der Waals surface area contributed by atoms with E-state index in [4.69, 9.17) is 0 Å². The molecule has 0 heterocycles. The Morgan fingerprint density at radius 2 is 1.82 bits per heavy atom. The predicted octanol–water partition coefficient (Wildman–Crippen LogP) is 4.64. The molecule has 1 N–H and O–H groups in total. The minimum absolute atomic E-state index is 0.0692. The van der Waals surface area contributed by atoms with E-state index < -0.39 is 0 Å². The third kappa shape index (κ3) is 3.71. The molecule has 0 radical (unpaired) electrons. The summed E-state index contributed by atoms with van der Waals surface area (Å²) in [5, 5.41) is 9.90. The molecule has 1 rings (SSSR count). The molecular weight excluding hydrogens is 208 g/mol. The number of aliphatic hydroxyl groups is 1. The fourth-order valence-electron chi connectivity index (χ4n) is 3.69. The van der Waals surface area contributed by atoms with Gasteiger partial charge in [-0.3, -0.25) is 0 Å². The molecule has 0 spiro atoms. The van der Waals surface area contributed by atoms with Gasteiger partial charge in [0.2, 0.25) is 0 Å². The van der Waals surface area contributed by atoms with Crippen LogP contribution in [0.4, 0.5) is 0 Å². The summed E-state index contributed by atoms with van der Waals surface area (Å²) in [5.41, 5.74) is 0.448. The number of aliphatic hydroxyl groups excluding tert-OH is 1. The second-order valence-electron chi connectivity index (χ2n) is 6.90. The number of rotatable bonds is 5. The molecule has 1 saturated carbocycles. The first kappa shape index (κ1) is 15.0. The third-order valence-corrected chi connectivity index (χ3v) is 5.40. The van der Waals surface area contributed by atoms with Crippen molar-refractivity contribution in [1.82, 2.24) is 0 Å². The van der Waals surface area contributed by atoms with E-state index in [1.165, 1.54) is 19.3 Å². The first-order chi connectivity index (χ1) is 7.89. The van der Waals surface area contributed by atoms with Crippen molar-refractivity contribution < 1.29 is 5.11 Å². The maximum atomic E-state index is 9.90. The van der Waals surface area contributed by atoms with Crippen LogP contribution in [0.5, 0.6) is 0 Å². The van der Waals surface area contributed by atoms with Gasteiger partial charge < -0.3 is 5.11 Å². The summed E-state index contributed by atoms with van der Waals surface area (Å²) < 4.78 is 0. The fourth-order valence-corrected chi connectivity index (χ4v) is 3.69. The van der Waals surface area contributed by atoms with Gasteiger partial charge in [0, 0.05) is 0 Å². The lowest BCUT2D eigenvalue weighted by Crippen LogP contribution is -2.39. The van der Waals surface area contributed by atoms with Gasteiger partial charge in [-0.15, -0.1) is 0 Å². The van der Waals surface area contributed by atoms with Crippen LogP contribution in [0.1, 0.15) is 73.1 Å². The Bertz CT molecular complexity index is 222. The van der Waals surface area contributed by atoms with Crippen LogP contribution in [0, 0.1) is 23.2 Å². The Morgan fingerprint density at radius 1 is 1.18 bits per heavy atom. The zero-order chi connectivity index (χ0) is 13.1. The predicted molar refractivity (Wildman–Crippen MR) is 75.0 cm³/mol. The van der Waals surface area contributed by atoms with Gasteiger partial charge in [0.1, 0.15) is 0 Å².